The largest absolute Gasteiger partial charge is 0.325 e. The second-order valence-electron chi connectivity index (χ2n) is 3.51. The third-order valence-electron chi connectivity index (χ3n) is 2.21. The summed E-state index contributed by atoms with van der Waals surface area (Å²) in [4.78, 5) is 4.28. The minimum absolute atomic E-state index is 0.0703. The first-order valence-electron chi connectivity index (χ1n) is 4.07. The first kappa shape index (κ1) is 8.20. The summed E-state index contributed by atoms with van der Waals surface area (Å²) >= 11 is 3.35. The van der Waals surface area contributed by atoms with E-state index in [1.165, 1.54) is 0 Å². The third-order valence-corrected chi connectivity index (χ3v) is 2.68. The van der Waals surface area contributed by atoms with E-state index in [1.54, 1.807) is 0 Å². The van der Waals surface area contributed by atoms with Crippen LogP contribution in [0, 0.1) is 0 Å². The lowest BCUT2D eigenvalue weighted by atomic mass is 10.1. The van der Waals surface area contributed by atoms with Gasteiger partial charge in [-0.15, -0.1) is 0 Å². The topological polar surface area (TPSA) is 38.9 Å². The van der Waals surface area contributed by atoms with Crippen molar-refractivity contribution in [3.05, 3.63) is 28.5 Å². The Hall–Kier alpha value is -0.410. The van der Waals surface area contributed by atoms with E-state index in [4.69, 9.17) is 5.73 Å². The Morgan fingerprint density at radius 1 is 1.50 bits per heavy atom. The average molecular weight is 227 g/mol. The van der Waals surface area contributed by atoms with Crippen LogP contribution in [0.3, 0.4) is 0 Å². The molecule has 1 saturated carbocycles. The van der Waals surface area contributed by atoms with Crippen molar-refractivity contribution < 1.29 is 0 Å². The number of hydrogen-bond acceptors (Lipinski definition) is 2. The van der Waals surface area contributed by atoms with E-state index in [9.17, 15) is 0 Å². The molecule has 1 fully saturated rings. The SMILES string of the molecule is NC1(Cc2ccc(Br)cn2)CC1. The molecule has 1 aromatic rings. The molecule has 0 bridgehead atoms. The van der Waals surface area contributed by atoms with Crippen LogP contribution in [-0.4, -0.2) is 10.5 Å². The Kier molecular flexibility index (Phi) is 1.93. The molecule has 2 N–H and O–H groups in total. The van der Waals surface area contributed by atoms with Crippen LogP contribution in [0.4, 0.5) is 0 Å². The van der Waals surface area contributed by atoms with Crippen LogP contribution >= 0.6 is 15.9 Å². The lowest BCUT2D eigenvalue weighted by molar-refractivity contribution is 0.659. The molecule has 2 nitrogen and oxygen atoms in total. The van der Waals surface area contributed by atoms with Gasteiger partial charge < -0.3 is 5.73 Å². The lowest BCUT2D eigenvalue weighted by Gasteiger charge is -2.06. The fourth-order valence-electron chi connectivity index (χ4n) is 1.21. The predicted octanol–water partition coefficient (Wildman–Crippen LogP) is 1.88. The first-order chi connectivity index (χ1) is 5.68. The number of rotatable bonds is 2. The third kappa shape index (κ3) is 1.84. The van der Waals surface area contributed by atoms with Crippen molar-refractivity contribution in [1.29, 1.82) is 0 Å². The van der Waals surface area contributed by atoms with Crippen LogP contribution < -0.4 is 5.73 Å². The summed E-state index contributed by atoms with van der Waals surface area (Å²) in [7, 11) is 0. The van der Waals surface area contributed by atoms with Crippen LogP contribution in [0.2, 0.25) is 0 Å². The van der Waals surface area contributed by atoms with E-state index in [0.29, 0.717) is 0 Å². The molecule has 2 rings (SSSR count). The maximum atomic E-state index is 5.96. The van der Waals surface area contributed by atoms with Gasteiger partial charge in [-0.2, -0.15) is 0 Å². The monoisotopic (exact) mass is 226 g/mol. The van der Waals surface area contributed by atoms with Crippen LogP contribution in [0.15, 0.2) is 22.8 Å². The van der Waals surface area contributed by atoms with Gasteiger partial charge in [0.15, 0.2) is 0 Å². The van der Waals surface area contributed by atoms with Crippen LogP contribution in [-0.2, 0) is 6.42 Å². The maximum Gasteiger partial charge on any atom is 0.0422 e. The smallest absolute Gasteiger partial charge is 0.0422 e. The van der Waals surface area contributed by atoms with Gasteiger partial charge in [-0.25, -0.2) is 0 Å². The summed E-state index contributed by atoms with van der Waals surface area (Å²) in [6, 6.07) is 4.03. The van der Waals surface area contributed by atoms with Crippen molar-refractivity contribution in [3.8, 4) is 0 Å². The summed E-state index contributed by atoms with van der Waals surface area (Å²) in [5.74, 6) is 0. The summed E-state index contributed by atoms with van der Waals surface area (Å²) in [5.41, 5.74) is 7.13. The second-order valence-corrected chi connectivity index (χ2v) is 4.42. The second kappa shape index (κ2) is 2.82. The molecule has 64 valence electrons. The highest BCUT2D eigenvalue weighted by Gasteiger charge is 2.38. The van der Waals surface area contributed by atoms with Gasteiger partial charge in [0.1, 0.15) is 0 Å². The number of aromatic nitrogens is 1. The number of nitrogens with two attached hydrogens (primary N) is 1. The fraction of sp³-hybridized carbons (Fsp3) is 0.444. The van der Waals surface area contributed by atoms with Gasteiger partial charge in [-0.05, 0) is 40.9 Å². The molecule has 1 heterocycles. The van der Waals surface area contributed by atoms with E-state index in [-0.39, 0.29) is 5.54 Å². The average Bonchev–Trinajstić information content (AvgIpc) is 2.74. The van der Waals surface area contributed by atoms with Crippen LogP contribution in [0.5, 0.6) is 0 Å². The number of nitrogens with zero attached hydrogens (tertiary/aromatic N) is 1. The molecule has 0 unspecified atom stereocenters. The zero-order valence-electron chi connectivity index (χ0n) is 6.76. The van der Waals surface area contributed by atoms with Crippen molar-refractivity contribution >= 4 is 15.9 Å². The number of halogens is 1. The minimum Gasteiger partial charge on any atom is -0.325 e. The summed E-state index contributed by atoms with van der Waals surface area (Å²) < 4.78 is 1.02. The molecular formula is C9H11BrN2. The Morgan fingerprint density at radius 2 is 2.25 bits per heavy atom. The van der Waals surface area contributed by atoms with Gasteiger partial charge in [0, 0.05) is 28.3 Å². The van der Waals surface area contributed by atoms with E-state index in [1.807, 2.05) is 18.3 Å². The Labute approximate surface area is 80.3 Å². The highest BCUT2D eigenvalue weighted by atomic mass is 79.9. The molecule has 0 amide bonds. The van der Waals surface area contributed by atoms with E-state index < -0.39 is 0 Å². The number of pyridine rings is 1. The van der Waals surface area contributed by atoms with E-state index in [2.05, 4.69) is 20.9 Å². The molecule has 0 aromatic carbocycles. The van der Waals surface area contributed by atoms with Gasteiger partial charge in [0.25, 0.3) is 0 Å². The molecule has 3 heteroatoms. The van der Waals surface area contributed by atoms with E-state index >= 15 is 0 Å². The zero-order valence-corrected chi connectivity index (χ0v) is 8.34. The van der Waals surface area contributed by atoms with Crippen LogP contribution in [0.1, 0.15) is 18.5 Å². The van der Waals surface area contributed by atoms with Gasteiger partial charge in [0.2, 0.25) is 0 Å². The Morgan fingerprint density at radius 3 is 2.75 bits per heavy atom. The fourth-order valence-corrected chi connectivity index (χ4v) is 1.44. The number of hydrogen-bond donors (Lipinski definition) is 1. The van der Waals surface area contributed by atoms with Crippen LogP contribution in [0.25, 0.3) is 0 Å². The van der Waals surface area contributed by atoms with Crippen molar-refractivity contribution in [3.63, 3.8) is 0 Å². The standard InChI is InChI=1S/C9H11BrN2/c10-7-1-2-8(12-6-7)5-9(11)3-4-9/h1-2,6H,3-5,11H2. The highest BCUT2D eigenvalue weighted by molar-refractivity contribution is 9.10. The molecule has 1 aliphatic carbocycles. The molecule has 0 spiro atoms. The van der Waals surface area contributed by atoms with Crippen molar-refractivity contribution in [2.45, 2.75) is 24.8 Å². The van der Waals surface area contributed by atoms with Crippen molar-refractivity contribution in [2.24, 2.45) is 5.73 Å². The normalized spacial score (nSPS) is 19.2. The van der Waals surface area contributed by atoms with Crippen molar-refractivity contribution in [2.75, 3.05) is 0 Å². The molecule has 1 aromatic heterocycles. The first-order valence-corrected chi connectivity index (χ1v) is 4.87. The van der Waals surface area contributed by atoms with Crippen molar-refractivity contribution in [1.82, 2.24) is 4.98 Å². The summed E-state index contributed by atoms with van der Waals surface area (Å²) in [6.45, 7) is 0. The summed E-state index contributed by atoms with van der Waals surface area (Å²) in [6.07, 6.45) is 5.02. The molecule has 0 radical (unpaired) electrons. The quantitative estimate of drug-likeness (QED) is 0.837. The molecule has 0 aliphatic heterocycles. The highest BCUT2D eigenvalue weighted by Crippen LogP contribution is 2.35. The lowest BCUT2D eigenvalue weighted by Crippen LogP contribution is -2.24. The molecular weight excluding hydrogens is 216 g/mol. The van der Waals surface area contributed by atoms with Gasteiger partial charge in [-0.1, -0.05) is 0 Å². The van der Waals surface area contributed by atoms with Gasteiger partial charge in [0.05, 0.1) is 0 Å². The Balaban J connectivity index is 2.08. The predicted molar refractivity (Wildman–Crippen MR) is 51.8 cm³/mol. The zero-order chi connectivity index (χ0) is 8.60. The van der Waals surface area contributed by atoms with E-state index in [0.717, 1.165) is 29.4 Å². The van der Waals surface area contributed by atoms with Gasteiger partial charge >= 0.3 is 0 Å². The maximum absolute atomic E-state index is 5.96. The molecule has 0 atom stereocenters. The Bertz CT molecular complexity index is 277. The summed E-state index contributed by atoms with van der Waals surface area (Å²) in [5, 5.41) is 0. The molecule has 1 aliphatic rings. The van der Waals surface area contributed by atoms with Gasteiger partial charge in [-0.3, -0.25) is 4.98 Å². The molecule has 12 heavy (non-hydrogen) atoms. The molecule has 0 saturated heterocycles. The minimum atomic E-state index is 0.0703.